The fourth-order valence-electron chi connectivity index (χ4n) is 1.25. The molecule has 0 bridgehead atoms. The van der Waals surface area contributed by atoms with Gasteiger partial charge in [0.2, 0.25) is 0 Å². The zero-order valence-corrected chi connectivity index (χ0v) is 11.9. The van der Waals surface area contributed by atoms with E-state index in [4.69, 9.17) is 0 Å². The largest absolute Gasteiger partial charge is 0.394 e. The van der Waals surface area contributed by atoms with Gasteiger partial charge in [-0.2, -0.15) is 0 Å². The molecule has 1 aromatic rings. The van der Waals surface area contributed by atoms with Crippen LogP contribution in [-0.4, -0.2) is 23.2 Å². The minimum atomic E-state index is -0.644. The maximum absolute atomic E-state index is 12.9. The van der Waals surface area contributed by atoms with E-state index in [1.54, 1.807) is 6.92 Å². The molecule has 3 nitrogen and oxygen atoms in total. The predicted molar refractivity (Wildman–Crippen MR) is 72.4 cm³/mol. The number of rotatable bonds is 4. The molecule has 94 valence electrons. The van der Waals surface area contributed by atoms with Gasteiger partial charge in [0.25, 0.3) is 5.91 Å². The first kappa shape index (κ1) is 14.4. The summed E-state index contributed by atoms with van der Waals surface area (Å²) in [6.45, 7) is 3.51. The number of hydrogen-bond donors (Lipinski definition) is 2. The third-order valence-corrected chi connectivity index (χ3v) is 3.61. The zero-order chi connectivity index (χ0) is 13.1. The molecule has 0 spiro atoms. The highest BCUT2D eigenvalue weighted by Crippen LogP contribution is 2.16. The summed E-state index contributed by atoms with van der Waals surface area (Å²) in [5.74, 6) is -0.667. The van der Waals surface area contributed by atoms with Gasteiger partial charge in [-0.05, 0) is 54.1 Å². The van der Waals surface area contributed by atoms with E-state index in [-0.39, 0.29) is 18.3 Å². The van der Waals surface area contributed by atoms with Gasteiger partial charge < -0.3 is 10.4 Å². The maximum Gasteiger partial charge on any atom is 0.252 e. The smallest absolute Gasteiger partial charge is 0.252 e. The van der Waals surface area contributed by atoms with Crippen LogP contribution in [0, 0.1) is 9.39 Å². The second-order valence-electron chi connectivity index (χ2n) is 4.15. The van der Waals surface area contributed by atoms with E-state index in [0.29, 0.717) is 15.6 Å². The summed E-state index contributed by atoms with van der Waals surface area (Å²) < 4.78 is 13.5. The van der Waals surface area contributed by atoms with Gasteiger partial charge in [-0.3, -0.25) is 4.79 Å². The Balaban J connectivity index is 2.90. The van der Waals surface area contributed by atoms with Crippen LogP contribution in [0.3, 0.4) is 0 Å². The van der Waals surface area contributed by atoms with Gasteiger partial charge in [-0.1, -0.05) is 6.92 Å². The molecule has 1 aromatic carbocycles. The molecule has 1 rings (SSSR count). The van der Waals surface area contributed by atoms with Gasteiger partial charge in [0.1, 0.15) is 5.82 Å². The molecule has 5 heteroatoms. The lowest BCUT2D eigenvalue weighted by Gasteiger charge is -2.27. The SMILES string of the molecule is CCC(C)(CO)NC(=O)c1ccc(F)cc1I. The molecule has 1 unspecified atom stereocenters. The summed E-state index contributed by atoms with van der Waals surface area (Å²) in [6.07, 6.45) is 0.618. The van der Waals surface area contributed by atoms with Crippen LogP contribution in [0.5, 0.6) is 0 Å². The van der Waals surface area contributed by atoms with E-state index in [1.807, 2.05) is 29.5 Å². The highest BCUT2D eigenvalue weighted by molar-refractivity contribution is 14.1. The second kappa shape index (κ2) is 5.77. The molecule has 0 aliphatic carbocycles. The molecule has 2 N–H and O–H groups in total. The van der Waals surface area contributed by atoms with E-state index < -0.39 is 5.54 Å². The fourth-order valence-corrected chi connectivity index (χ4v) is 1.98. The number of halogens is 2. The Morgan fingerprint density at radius 3 is 2.71 bits per heavy atom. The molecule has 17 heavy (non-hydrogen) atoms. The normalized spacial score (nSPS) is 14.2. The van der Waals surface area contributed by atoms with Gasteiger partial charge in [0.05, 0.1) is 17.7 Å². The van der Waals surface area contributed by atoms with Crippen LogP contribution >= 0.6 is 22.6 Å². The van der Waals surface area contributed by atoms with Crippen molar-refractivity contribution in [1.82, 2.24) is 5.32 Å². The lowest BCUT2D eigenvalue weighted by Crippen LogP contribution is -2.48. The number of amides is 1. The monoisotopic (exact) mass is 351 g/mol. The van der Waals surface area contributed by atoms with Crippen LogP contribution in [0.25, 0.3) is 0 Å². The van der Waals surface area contributed by atoms with Gasteiger partial charge in [-0.25, -0.2) is 4.39 Å². The Hall–Kier alpha value is -0.690. The number of nitrogens with one attached hydrogen (secondary N) is 1. The van der Waals surface area contributed by atoms with Crippen LogP contribution in [0.15, 0.2) is 18.2 Å². The molecule has 1 amide bonds. The molecule has 1 atom stereocenters. The van der Waals surface area contributed by atoms with Crippen LogP contribution in [0.4, 0.5) is 4.39 Å². The maximum atomic E-state index is 12.9. The Kier molecular flexibility index (Phi) is 4.88. The molecule has 0 aliphatic heterocycles. The number of aliphatic hydroxyl groups excluding tert-OH is 1. The van der Waals surface area contributed by atoms with Crippen molar-refractivity contribution < 1.29 is 14.3 Å². The first-order valence-corrected chi connectivity index (χ1v) is 6.38. The topological polar surface area (TPSA) is 49.3 Å². The van der Waals surface area contributed by atoms with Crippen molar-refractivity contribution in [3.63, 3.8) is 0 Å². The number of carbonyl (C=O) groups is 1. The van der Waals surface area contributed by atoms with Gasteiger partial charge in [0.15, 0.2) is 0 Å². The average molecular weight is 351 g/mol. The minimum absolute atomic E-state index is 0.132. The van der Waals surface area contributed by atoms with E-state index >= 15 is 0 Å². The fraction of sp³-hybridized carbons (Fsp3) is 0.417. The third-order valence-electron chi connectivity index (χ3n) is 2.72. The Morgan fingerprint density at radius 2 is 2.24 bits per heavy atom. The standard InChI is InChI=1S/C12H15FINO2/c1-3-12(2,7-16)15-11(17)9-5-4-8(13)6-10(9)14/h4-6,16H,3,7H2,1-2H3,(H,15,17). The summed E-state index contributed by atoms with van der Waals surface area (Å²) in [7, 11) is 0. The van der Waals surface area contributed by atoms with E-state index in [1.165, 1.54) is 18.2 Å². The van der Waals surface area contributed by atoms with Gasteiger partial charge in [-0.15, -0.1) is 0 Å². The van der Waals surface area contributed by atoms with Crippen molar-refractivity contribution in [1.29, 1.82) is 0 Å². The zero-order valence-electron chi connectivity index (χ0n) is 9.76. The van der Waals surface area contributed by atoms with E-state index in [9.17, 15) is 14.3 Å². The number of benzene rings is 1. The van der Waals surface area contributed by atoms with Crippen molar-refractivity contribution in [2.24, 2.45) is 0 Å². The van der Waals surface area contributed by atoms with Gasteiger partial charge >= 0.3 is 0 Å². The molecular weight excluding hydrogens is 336 g/mol. The lowest BCUT2D eigenvalue weighted by molar-refractivity contribution is 0.0846. The highest BCUT2D eigenvalue weighted by Gasteiger charge is 2.24. The van der Waals surface area contributed by atoms with Crippen molar-refractivity contribution >= 4 is 28.5 Å². The lowest BCUT2D eigenvalue weighted by atomic mass is 9.99. The minimum Gasteiger partial charge on any atom is -0.394 e. The molecule has 0 saturated heterocycles. The summed E-state index contributed by atoms with van der Waals surface area (Å²) in [6, 6.07) is 4.00. The van der Waals surface area contributed by atoms with Crippen LogP contribution in [-0.2, 0) is 0 Å². The summed E-state index contributed by atoms with van der Waals surface area (Å²) in [5, 5.41) is 12.0. The van der Waals surface area contributed by atoms with Crippen LogP contribution in [0.1, 0.15) is 30.6 Å². The molecule has 0 aromatic heterocycles. The first-order chi connectivity index (χ1) is 7.91. The van der Waals surface area contributed by atoms with Crippen molar-refractivity contribution in [3.05, 3.63) is 33.1 Å². The number of aliphatic hydroxyl groups is 1. The molecule has 0 fully saturated rings. The van der Waals surface area contributed by atoms with E-state index in [0.717, 1.165) is 0 Å². The van der Waals surface area contributed by atoms with E-state index in [2.05, 4.69) is 5.32 Å². The molecular formula is C12H15FINO2. The highest BCUT2D eigenvalue weighted by atomic mass is 127. The average Bonchev–Trinajstić information content (AvgIpc) is 2.28. The third kappa shape index (κ3) is 3.64. The Morgan fingerprint density at radius 1 is 1.59 bits per heavy atom. The summed E-state index contributed by atoms with van der Waals surface area (Å²) >= 11 is 1.91. The Labute approximate surface area is 114 Å². The quantitative estimate of drug-likeness (QED) is 0.818. The molecule has 0 radical (unpaired) electrons. The Bertz CT molecular complexity index is 419. The summed E-state index contributed by atoms with van der Waals surface area (Å²) in [5.41, 5.74) is -0.228. The predicted octanol–water partition coefficient (Wildman–Crippen LogP) is 2.32. The van der Waals surface area contributed by atoms with Crippen molar-refractivity contribution in [3.8, 4) is 0 Å². The number of carbonyl (C=O) groups excluding carboxylic acids is 1. The van der Waals surface area contributed by atoms with Crippen LogP contribution < -0.4 is 5.32 Å². The number of hydrogen-bond acceptors (Lipinski definition) is 2. The molecule has 0 aliphatic rings. The molecule has 0 heterocycles. The van der Waals surface area contributed by atoms with Gasteiger partial charge in [0, 0.05) is 3.57 Å². The first-order valence-electron chi connectivity index (χ1n) is 5.30. The van der Waals surface area contributed by atoms with Crippen molar-refractivity contribution in [2.45, 2.75) is 25.8 Å². The van der Waals surface area contributed by atoms with Crippen molar-refractivity contribution in [2.75, 3.05) is 6.61 Å². The molecule has 0 saturated carbocycles. The summed E-state index contributed by atoms with van der Waals surface area (Å²) in [4.78, 5) is 12.0. The second-order valence-corrected chi connectivity index (χ2v) is 5.31. The van der Waals surface area contributed by atoms with Crippen LogP contribution in [0.2, 0.25) is 0 Å².